The van der Waals surface area contributed by atoms with Crippen LogP contribution in [-0.4, -0.2) is 84.5 Å². The van der Waals surface area contributed by atoms with E-state index < -0.39 is 30.4 Å². The number of nitrogens with two attached hydrogens (primary N) is 2. The lowest BCUT2D eigenvalue weighted by molar-refractivity contribution is -0.195. The summed E-state index contributed by atoms with van der Waals surface area (Å²) in [5.74, 6) is -0.368. The van der Waals surface area contributed by atoms with Crippen molar-refractivity contribution in [3.63, 3.8) is 0 Å². The number of unbranched alkanes of at least 4 members (excludes halogenated alkanes) is 2. The van der Waals surface area contributed by atoms with E-state index in [-0.39, 0.29) is 37.5 Å². The van der Waals surface area contributed by atoms with Crippen molar-refractivity contribution in [3.8, 4) is 0 Å². The number of guanidine groups is 1. The molecule has 45 heavy (non-hydrogen) atoms. The number of hydrogen-bond acceptors (Lipinski definition) is 8. The Balaban J connectivity index is 1.95. The fourth-order valence-electron chi connectivity index (χ4n) is 5.82. The van der Waals surface area contributed by atoms with Crippen molar-refractivity contribution in [2.45, 2.75) is 116 Å². The van der Waals surface area contributed by atoms with E-state index >= 15 is 0 Å². The number of amides is 3. The number of likely N-dealkylation sites (tertiary alicyclic amines) is 1. The molecule has 0 radical (unpaired) electrons. The molecule has 3 amide bonds. The van der Waals surface area contributed by atoms with Crippen LogP contribution >= 0.6 is 0 Å². The van der Waals surface area contributed by atoms with Gasteiger partial charge in [-0.25, -0.2) is 9.69 Å². The van der Waals surface area contributed by atoms with E-state index in [1.165, 1.54) is 0 Å². The Bertz CT molecular complexity index is 1070. The fourth-order valence-corrected chi connectivity index (χ4v) is 5.82. The number of nitrogens with zero attached hydrogens (tertiary/aromatic N) is 3. The molecule has 2 unspecified atom stereocenters. The molecule has 0 bridgehead atoms. The van der Waals surface area contributed by atoms with Crippen molar-refractivity contribution in [3.05, 3.63) is 35.9 Å². The van der Waals surface area contributed by atoms with Gasteiger partial charge in [-0.15, -0.1) is 0 Å². The Labute approximate surface area is 268 Å². The van der Waals surface area contributed by atoms with Crippen LogP contribution in [-0.2, 0) is 30.4 Å². The summed E-state index contributed by atoms with van der Waals surface area (Å²) in [6.45, 7) is 8.43. The number of ether oxygens (including phenoxy) is 3. The van der Waals surface area contributed by atoms with Gasteiger partial charge in [0.15, 0.2) is 12.2 Å². The first-order valence-corrected chi connectivity index (χ1v) is 16.6. The third kappa shape index (κ3) is 11.3. The average Bonchev–Trinajstić information content (AvgIpc) is 3.42. The number of hydrogen-bond donors (Lipinski definition) is 3. The number of carbonyl (C=O) groups excluding carboxylic acids is 3. The van der Waals surface area contributed by atoms with Gasteiger partial charge in [0.25, 0.3) is 0 Å². The average molecular weight is 631 g/mol. The minimum absolute atomic E-state index is 0.00179. The van der Waals surface area contributed by atoms with E-state index in [0.29, 0.717) is 44.9 Å². The fraction of sp³-hybridized carbons (Fsp3) is 0.697. The summed E-state index contributed by atoms with van der Waals surface area (Å²) in [4.78, 5) is 48.1. The van der Waals surface area contributed by atoms with Gasteiger partial charge in [0.2, 0.25) is 11.8 Å². The Morgan fingerprint density at radius 2 is 1.76 bits per heavy atom. The first-order chi connectivity index (χ1) is 21.8. The van der Waals surface area contributed by atoms with Crippen molar-refractivity contribution in [2.75, 3.05) is 26.3 Å². The van der Waals surface area contributed by atoms with Gasteiger partial charge in [0, 0.05) is 26.2 Å². The number of piperidine rings is 1. The molecule has 4 atom stereocenters. The SMILES string of the molecule is CCCCOC(OCCCC)[C@H](CCCN=C(N)N)N(C(=O)[C@H]1CCC(=O)N1C(=O)OCc1ccccc1)C1CC(C)CCN1. The lowest BCUT2D eigenvalue weighted by Crippen LogP contribution is -2.63. The molecule has 3 rings (SSSR count). The molecule has 2 aliphatic heterocycles. The molecule has 2 aliphatic rings. The molecule has 0 aromatic heterocycles. The lowest BCUT2D eigenvalue weighted by Gasteiger charge is -2.45. The number of rotatable bonds is 18. The summed E-state index contributed by atoms with van der Waals surface area (Å²) in [5, 5.41) is 3.54. The highest BCUT2D eigenvalue weighted by Crippen LogP contribution is 2.30. The molecule has 252 valence electrons. The van der Waals surface area contributed by atoms with E-state index in [1.54, 1.807) is 4.90 Å². The number of carbonyl (C=O) groups is 3. The van der Waals surface area contributed by atoms with Crippen LogP contribution in [0.3, 0.4) is 0 Å². The van der Waals surface area contributed by atoms with Gasteiger partial charge in [-0.2, -0.15) is 0 Å². The molecule has 0 aliphatic carbocycles. The maximum atomic E-state index is 14.7. The topological polar surface area (TPSA) is 162 Å². The lowest BCUT2D eigenvalue weighted by atomic mass is 9.95. The molecule has 2 fully saturated rings. The Morgan fingerprint density at radius 1 is 1.07 bits per heavy atom. The highest BCUT2D eigenvalue weighted by atomic mass is 16.7. The van der Waals surface area contributed by atoms with Crippen LogP contribution in [0.4, 0.5) is 4.79 Å². The Hall–Kier alpha value is -3.22. The monoisotopic (exact) mass is 630 g/mol. The number of benzene rings is 1. The second-order valence-electron chi connectivity index (χ2n) is 12.0. The predicted molar refractivity (Wildman–Crippen MR) is 173 cm³/mol. The molecule has 1 aromatic carbocycles. The second-order valence-corrected chi connectivity index (χ2v) is 12.0. The highest BCUT2D eigenvalue weighted by molar-refractivity contribution is 6.00. The second kappa shape index (κ2) is 19.3. The van der Waals surface area contributed by atoms with Gasteiger partial charge in [0.1, 0.15) is 12.6 Å². The summed E-state index contributed by atoms with van der Waals surface area (Å²) >= 11 is 0. The Kier molecular flexibility index (Phi) is 15.6. The van der Waals surface area contributed by atoms with Gasteiger partial charge in [-0.05, 0) is 63.0 Å². The molecule has 0 saturated carbocycles. The third-order valence-electron chi connectivity index (χ3n) is 8.32. The van der Waals surface area contributed by atoms with Gasteiger partial charge < -0.3 is 30.6 Å². The Morgan fingerprint density at radius 3 is 2.38 bits per heavy atom. The minimum atomic E-state index is -0.994. The number of aliphatic imine (C=N–C) groups is 1. The van der Waals surface area contributed by atoms with E-state index in [4.69, 9.17) is 25.7 Å². The van der Waals surface area contributed by atoms with Crippen LogP contribution < -0.4 is 16.8 Å². The van der Waals surface area contributed by atoms with Crippen molar-refractivity contribution < 1.29 is 28.6 Å². The van der Waals surface area contributed by atoms with Crippen LogP contribution in [0.5, 0.6) is 0 Å². The zero-order valence-electron chi connectivity index (χ0n) is 27.3. The molecule has 0 spiro atoms. The van der Waals surface area contributed by atoms with Crippen molar-refractivity contribution in [2.24, 2.45) is 22.4 Å². The van der Waals surface area contributed by atoms with E-state index in [1.807, 2.05) is 30.3 Å². The summed E-state index contributed by atoms with van der Waals surface area (Å²) in [7, 11) is 0. The zero-order valence-corrected chi connectivity index (χ0v) is 27.3. The largest absolute Gasteiger partial charge is 0.444 e. The molecule has 2 saturated heterocycles. The molecule has 12 nitrogen and oxygen atoms in total. The van der Waals surface area contributed by atoms with E-state index in [9.17, 15) is 14.4 Å². The summed E-state index contributed by atoms with van der Waals surface area (Å²) in [5.41, 5.74) is 12.0. The van der Waals surface area contributed by atoms with Crippen molar-refractivity contribution >= 4 is 23.9 Å². The van der Waals surface area contributed by atoms with Crippen LogP contribution in [0.2, 0.25) is 0 Å². The summed E-state index contributed by atoms with van der Waals surface area (Å²) in [6.07, 6.45) is 4.80. The van der Waals surface area contributed by atoms with E-state index in [0.717, 1.165) is 49.1 Å². The van der Waals surface area contributed by atoms with Crippen LogP contribution in [0.15, 0.2) is 35.3 Å². The first kappa shape index (κ1) is 36.3. The van der Waals surface area contributed by atoms with Gasteiger partial charge in [0.05, 0.1) is 12.2 Å². The molecule has 1 aromatic rings. The molecule has 2 heterocycles. The maximum Gasteiger partial charge on any atom is 0.417 e. The number of nitrogens with one attached hydrogen (secondary N) is 1. The van der Waals surface area contributed by atoms with Crippen molar-refractivity contribution in [1.82, 2.24) is 15.1 Å². The molecule has 12 heteroatoms. The third-order valence-corrected chi connectivity index (χ3v) is 8.32. The molecular formula is C33H54N6O6. The van der Waals surface area contributed by atoms with Crippen molar-refractivity contribution in [1.29, 1.82) is 0 Å². The standard InChI is InChI=1S/C33H54N6O6/c1-4-6-20-43-31(44-21-7-5-2)27(14-11-18-37-32(34)35)38(28-22-24(3)17-19-36-28)30(41)26-15-16-29(40)39(26)33(42)45-23-25-12-9-8-10-13-25/h8-10,12-13,24,26-28,31,36H,4-7,11,14-23H2,1-3H3,(H4,34,35,37)/t24?,26-,27+,28?/m1/s1. The van der Waals surface area contributed by atoms with Gasteiger partial charge in [-0.1, -0.05) is 63.9 Å². The molecular weight excluding hydrogens is 576 g/mol. The quantitative estimate of drug-likeness (QED) is 0.0946. The van der Waals surface area contributed by atoms with Crippen LogP contribution in [0.25, 0.3) is 0 Å². The first-order valence-electron chi connectivity index (χ1n) is 16.6. The zero-order chi connectivity index (χ0) is 32.6. The van der Waals surface area contributed by atoms with E-state index in [2.05, 4.69) is 31.1 Å². The van der Waals surface area contributed by atoms with Gasteiger partial charge >= 0.3 is 6.09 Å². The molecule has 5 N–H and O–H groups in total. The van der Waals surface area contributed by atoms with Crippen LogP contribution in [0, 0.1) is 5.92 Å². The summed E-state index contributed by atoms with van der Waals surface area (Å²) < 4.78 is 18.3. The number of imide groups is 1. The maximum absolute atomic E-state index is 14.7. The summed E-state index contributed by atoms with van der Waals surface area (Å²) in [6, 6.07) is 7.74. The normalized spacial score (nSPS) is 20.7. The van der Waals surface area contributed by atoms with Crippen LogP contribution in [0.1, 0.15) is 90.5 Å². The smallest absolute Gasteiger partial charge is 0.417 e. The predicted octanol–water partition coefficient (Wildman–Crippen LogP) is 3.87. The highest BCUT2D eigenvalue weighted by Gasteiger charge is 2.47. The minimum Gasteiger partial charge on any atom is -0.444 e. The van der Waals surface area contributed by atoms with Gasteiger partial charge in [-0.3, -0.25) is 19.9 Å².